The van der Waals surface area contributed by atoms with Crippen LogP contribution in [0.1, 0.15) is 23.8 Å². The van der Waals surface area contributed by atoms with Crippen LogP contribution in [0.25, 0.3) is 0 Å². The van der Waals surface area contributed by atoms with Crippen molar-refractivity contribution in [2.75, 3.05) is 25.9 Å². The van der Waals surface area contributed by atoms with Gasteiger partial charge in [0.1, 0.15) is 5.69 Å². The van der Waals surface area contributed by atoms with Gasteiger partial charge in [0.05, 0.1) is 11.9 Å². The summed E-state index contributed by atoms with van der Waals surface area (Å²) >= 11 is 0. The maximum atomic E-state index is 12.2. The Morgan fingerprint density at radius 3 is 2.83 bits per heavy atom. The minimum Gasteiger partial charge on any atom is -0.396 e. The first-order chi connectivity index (χ1) is 8.49. The molecule has 2 rings (SSSR count). The Labute approximate surface area is 107 Å². The van der Waals surface area contributed by atoms with Crippen molar-refractivity contribution < 1.29 is 4.79 Å². The first-order valence-corrected chi connectivity index (χ1v) is 6.26. The predicted octanol–water partition coefficient (Wildman–Crippen LogP) is 0.0723. The molecule has 18 heavy (non-hydrogen) atoms. The second-order valence-corrected chi connectivity index (χ2v) is 5.18. The van der Waals surface area contributed by atoms with Gasteiger partial charge in [0.25, 0.3) is 5.91 Å². The number of nitrogens with two attached hydrogens (primary N) is 1. The summed E-state index contributed by atoms with van der Waals surface area (Å²) in [6.45, 7) is 4.18. The number of carbonyl (C=O) groups excluding carboxylic acids is 1. The van der Waals surface area contributed by atoms with E-state index in [-0.39, 0.29) is 11.9 Å². The largest absolute Gasteiger partial charge is 0.396 e. The molecule has 1 aliphatic heterocycles. The molecule has 1 aliphatic rings. The predicted molar refractivity (Wildman–Crippen MR) is 70.2 cm³/mol. The lowest BCUT2D eigenvalue weighted by atomic mass is 9.94. The molecule has 1 aromatic heterocycles. The van der Waals surface area contributed by atoms with Gasteiger partial charge in [0.2, 0.25) is 0 Å². The average molecular weight is 251 g/mol. The first-order valence-electron chi connectivity index (χ1n) is 6.26. The molecule has 3 N–H and O–H groups in total. The van der Waals surface area contributed by atoms with Crippen LogP contribution in [0.2, 0.25) is 0 Å². The van der Waals surface area contributed by atoms with Gasteiger partial charge in [-0.25, -0.2) is 0 Å². The number of amides is 1. The summed E-state index contributed by atoms with van der Waals surface area (Å²) in [4.78, 5) is 14.5. The standard InChI is InChI=1S/C12H21N5O/c1-8-7-16(2)5-4-10(8)15-12(18)11-9(13)6-14-17(11)3/h6,8,10H,4-5,7,13H2,1-3H3,(H,15,18). The number of nitrogens with zero attached hydrogens (tertiary/aromatic N) is 3. The number of rotatable bonds is 2. The molecule has 6 nitrogen and oxygen atoms in total. The highest BCUT2D eigenvalue weighted by molar-refractivity contribution is 5.97. The van der Waals surface area contributed by atoms with E-state index < -0.39 is 0 Å². The molecule has 1 amide bonds. The minimum atomic E-state index is -0.131. The van der Waals surface area contributed by atoms with Crippen molar-refractivity contribution in [3.8, 4) is 0 Å². The van der Waals surface area contributed by atoms with Gasteiger partial charge in [-0.05, 0) is 25.9 Å². The van der Waals surface area contributed by atoms with Crippen molar-refractivity contribution in [1.82, 2.24) is 20.0 Å². The second kappa shape index (κ2) is 4.97. The molecule has 2 heterocycles. The van der Waals surface area contributed by atoms with Crippen molar-refractivity contribution in [2.24, 2.45) is 13.0 Å². The Kier molecular flexibility index (Phi) is 3.56. The quantitative estimate of drug-likeness (QED) is 0.780. The summed E-state index contributed by atoms with van der Waals surface area (Å²) in [5.74, 6) is 0.316. The highest BCUT2D eigenvalue weighted by atomic mass is 16.2. The van der Waals surface area contributed by atoms with Crippen LogP contribution in [0.15, 0.2) is 6.20 Å². The van der Waals surface area contributed by atoms with Gasteiger partial charge in [0.15, 0.2) is 0 Å². The zero-order chi connectivity index (χ0) is 13.3. The second-order valence-electron chi connectivity index (χ2n) is 5.18. The lowest BCUT2D eigenvalue weighted by Gasteiger charge is -2.35. The number of hydrogen-bond acceptors (Lipinski definition) is 4. The SMILES string of the molecule is CC1CN(C)CCC1NC(=O)c1c(N)cnn1C. The topological polar surface area (TPSA) is 76.2 Å². The Morgan fingerprint density at radius 1 is 1.56 bits per heavy atom. The van der Waals surface area contributed by atoms with Crippen molar-refractivity contribution in [2.45, 2.75) is 19.4 Å². The van der Waals surface area contributed by atoms with Gasteiger partial charge in [-0.1, -0.05) is 6.92 Å². The zero-order valence-corrected chi connectivity index (χ0v) is 11.2. The Bertz CT molecular complexity index is 422. The summed E-state index contributed by atoms with van der Waals surface area (Å²) in [5, 5.41) is 7.05. The Balaban J connectivity index is 2.04. The van der Waals surface area contributed by atoms with Crippen LogP contribution in [0, 0.1) is 5.92 Å². The van der Waals surface area contributed by atoms with Crippen LogP contribution in [0.4, 0.5) is 5.69 Å². The van der Waals surface area contributed by atoms with Crippen LogP contribution in [0.5, 0.6) is 0 Å². The molecule has 0 radical (unpaired) electrons. The zero-order valence-electron chi connectivity index (χ0n) is 11.2. The number of likely N-dealkylation sites (tertiary alicyclic amines) is 1. The minimum absolute atomic E-state index is 0.131. The average Bonchev–Trinajstić information content (AvgIpc) is 2.62. The number of carbonyl (C=O) groups is 1. The third-order valence-electron chi connectivity index (χ3n) is 3.61. The van der Waals surface area contributed by atoms with E-state index in [0.717, 1.165) is 19.5 Å². The fraction of sp³-hybridized carbons (Fsp3) is 0.667. The van der Waals surface area contributed by atoms with E-state index in [9.17, 15) is 4.79 Å². The lowest BCUT2D eigenvalue weighted by molar-refractivity contribution is 0.0875. The molecule has 0 spiro atoms. The summed E-state index contributed by atoms with van der Waals surface area (Å²) in [6.07, 6.45) is 2.48. The maximum absolute atomic E-state index is 12.2. The lowest BCUT2D eigenvalue weighted by Crippen LogP contribution is -2.49. The van der Waals surface area contributed by atoms with E-state index in [1.54, 1.807) is 7.05 Å². The van der Waals surface area contributed by atoms with Crippen LogP contribution in [-0.2, 0) is 7.05 Å². The molecular formula is C12H21N5O. The first kappa shape index (κ1) is 12.9. The molecule has 0 bridgehead atoms. The monoisotopic (exact) mass is 251 g/mol. The van der Waals surface area contributed by atoms with E-state index in [2.05, 4.69) is 29.3 Å². The number of hydrogen-bond donors (Lipinski definition) is 2. The maximum Gasteiger partial charge on any atom is 0.271 e. The molecule has 2 unspecified atom stereocenters. The molecule has 1 saturated heterocycles. The number of aromatic nitrogens is 2. The highest BCUT2D eigenvalue weighted by Gasteiger charge is 2.27. The molecule has 0 saturated carbocycles. The number of nitrogens with one attached hydrogen (secondary N) is 1. The summed E-state index contributed by atoms with van der Waals surface area (Å²) in [6, 6.07) is 0.211. The number of aryl methyl sites for hydroxylation is 1. The van der Waals surface area contributed by atoms with Gasteiger partial charge in [-0.2, -0.15) is 5.10 Å². The van der Waals surface area contributed by atoms with Crippen LogP contribution in [0.3, 0.4) is 0 Å². The number of nitrogen functional groups attached to an aromatic ring is 1. The van der Waals surface area contributed by atoms with Gasteiger partial charge >= 0.3 is 0 Å². The fourth-order valence-corrected chi connectivity index (χ4v) is 2.54. The number of anilines is 1. The molecule has 6 heteroatoms. The van der Waals surface area contributed by atoms with E-state index in [4.69, 9.17) is 5.73 Å². The van der Waals surface area contributed by atoms with Crippen molar-refractivity contribution in [1.29, 1.82) is 0 Å². The smallest absolute Gasteiger partial charge is 0.271 e. The molecule has 100 valence electrons. The third kappa shape index (κ3) is 2.48. The molecule has 0 aliphatic carbocycles. The van der Waals surface area contributed by atoms with Gasteiger partial charge < -0.3 is 16.0 Å². The summed E-state index contributed by atoms with van der Waals surface area (Å²) in [7, 11) is 3.83. The van der Waals surface area contributed by atoms with Gasteiger partial charge in [0, 0.05) is 19.6 Å². The molecule has 0 aromatic carbocycles. The highest BCUT2D eigenvalue weighted by Crippen LogP contribution is 2.17. The van der Waals surface area contributed by atoms with Crippen molar-refractivity contribution in [3.05, 3.63) is 11.9 Å². The molecule has 1 aromatic rings. The Hall–Kier alpha value is -1.56. The third-order valence-corrected chi connectivity index (χ3v) is 3.61. The molecule has 2 atom stereocenters. The van der Waals surface area contributed by atoms with E-state index in [0.29, 0.717) is 17.3 Å². The van der Waals surface area contributed by atoms with Crippen molar-refractivity contribution >= 4 is 11.6 Å². The van der Waals surface area contributed by atoms with Gasteiger partial charge in [-0.3, -0.25) is 9.48 Å². The molecular weight excluding hydrogens is 230 g/mol. The Morgan fingerprint density at radius 2 is 2.28 bits per heavy atom. The summed E-state index contributed by atoms with van der Waals surface area (Å²) in [5.41, 5.74) is 6.62. The van der Waals surface area contributed by atoms with Crippen LogP contribution >= 0.6 is 0 Å². The van der Waals surface area contributed by atoms with E-state index in [1.165, 1.54) is 10.9 Å². The summed E-state index contributed by atoms with van der Waals surface area (Å²) < 4.78 is 1.52. The normalized spacial score (nSPS) is 25.1. The number of piperidine rings is 1. The van der Waals surface area contributed by atoms with Gasteiger partial charge in [-0.15, -0.1) is 0 Å². The van der Waals surface area contributed by atoms with Crippen LogP contribution < -0.4 is 11.1 Å². The van der Waals surface area contributed by atoms with E-state index >= 15 is 0 Å². The van der Waals surface area contributed by atoms with Crippen molar-refractivity contribution in [3.63, 3.8) is 0 Å². The van der Waals surface area contributed by atoms with Crippen LogP contribution in [-0.4, -0.2) is 46.8 Å². The van der Waals surface area contributed by atoms with E-state index in [1.807, 2.05) is 0 Å². The molecule has 1 fully saturated rings. The fourth-order valence-electron chi connectivity index (χ4n) is 2.54.